The first-order valence-corrected chi connectivity index (χ1v) is 6.49. The Morgan fingerprint density at radius 3 is 2.25 bits per heavy atom. The molecule has 0 radical (unpaired) electrons. The maximum atomic E-state index is 8.64. The monoisotopic (exact) mass is 261 g/mol. The molecule has 0 aliphatic rings. The lowest BCUT2D eigenvalue weighted by Gasteiger charge is -2.06. The number of benzene rings is 2. The molecule has 0 fully saturated rings. The molecule has 0 saturated heterocycles. The SMILES string of the molecule is [N-]=[N+]=NC(CC#CCc1ccccc1)c1ccccc1. The van der Waals surface area contributed by atoms with E-state index in [0.29, 0.717) is 6.42 Å². The molecule has 2 aromatic carbocycles. The highest BCUT2D eigenvalue weighted by Crippen LogP contribution is 2.20. The largest absolute Gasteiger partial charge is 0.102 e. The van der Waals surface area contributed by atoms with E-state index in [1.807, 2.05) is 48.5 Å². The van der Waals surface area contributed by atoms with Crippen molar-refractivity contribution >= 4 is 0 Å². The number of azide groups is 1. The van der Waals surface area contributed by atoms with Crippen LogP contribution in [-0.4, -0.2) is 0 Å². The molecule has 0 aliphatic heterocycles. The third-order valence-corrected chi connectivity index (χ3v) is 2.93. The van der Waals surface area contributed by atoms with E-state index >= 15 is 0 Å². The Balaban J connectivity index is 1.99. The van der Waals surface area contributed by atoms with Crippen LogP contribution in [0.1, 0.15) is 23.6 Å². The van der Waals surface area contributed by atoms with E-state index in [9.17, 15) is 0 Å². The summed E-state index contributed by atoms with van der Waals surface area (Å²) >= 11 is 0. The molecule has 2 aromatic rings. The van der Waals surface area contributed by atoms with Gasteiger partial charge in [0.15, 0.2) is 0 Å². The van der Waals surface area contributed by atoms with Crippen LogP contribution in [-0.2, 0) is 6.42 Å². The fourth-order valence-corrected chi connectivity index (χ4v) is 1.89. The summed E-state index contributed by atoms with van der Waals surface area (Å²) in [5, 5.41) is 3.82. The first-order valence-electron chi connectivity index (χ1n) is 6.49. The van der Waals surface area contributed by atoms with Crippen molar-refractivity contribution in [3.8, 4) is 11.8 Å². The molecule has 0 spiro atoms. The zero-order valence-corrected chi connectivity index (χ0v) is 11.1. The Hall–Kier alpha value is -2.69. The molecular formula is C17H15N3. The van der Waals surface area contributed by atoms with E-state index in [-0.39, 0.29) is 6.04 Å². The molecule has 0 aromatic heterocycles. The Kier molecular flexibility index (Phi) is 5.27. The molecule has 3 heteroatoms. The van der Waals surface area contributed by atoms with Gasteiger partial charge in [-0.3, -0.25) is 0 Å². The van der Waals surface area contributed by atoms with Gasteiger partial charge < -0.3 is 0 Å². The molecule has 1 unspecified atom stereocenters. The van der Waals surface area contributed by atoms with Gasteiger partial charge in [-0.15, -0.1) is 5.92 Å². The third kappa shape index (κ3) is 4.20. The smallest absolute Gasteiger partial charge is 0.0734 e. The Labute approximate surface area is 118 Å². The molecule has 2 rings (SSSR count). The Bertz CT molecular complexity index is 632. The van der Waals surface area contributed by atoms with Gasteiger partial charge >= 0.3 is 0 Å². The summed E-state index contributed by atoms with van der Waals surface area (Å²) < 4.78 is 0. The maximum absolute atomic E-state index is 8.64. The second-order valence-electron chi connectivity index (χ2n) is 4.35. The molecule has 0 amide bonds. The summed E-state index contributed by atoms with van der Waals surface area (Å²) in [6.45, 7) is 0. The second-order valence-corrected chi connectivity index (χ2v) is 4.35. The van der Waals surface area contributed by atoms with Crippen molar-refractivity contribution in [2.75, 3.05) is 0 Å². The summed E-state index contributed by atoms with van der Waals surface area (Å²) in [4.78, 5) is 2.91. The standard InChI is InChI=1S/C17H15N3/c18-20-19-17(16-12-5-2-6-13-16)14-8-7-11-15-9-3-1-4-10-15/h1-6,9-10,12-13,17H,11,14H2. The van der Waals surface area contributed by atoms with E-state index in [4.69, 9.17) is 5.53 Å². The van der Waals surface area contributed by atoms with Crippen molar-refractivity contribution in [1.82, 2.24) is 0 Å². The lowest BCUT2D eigenvalue weighted by molar-refractivity contribution is 0.746. The zero-order valence-electron chi connectivity index (χ0n) is 11.1. The van der Waals surface area contributed by atoms with Crippen molar-refractivity contribution in [2.45, 2.75) is 18.9 Å². The number of nitrogens with zero attached hydrogens (tertiary/aromatic N) is 3. The fraction of sp³-hybridized carbons (Fsp3) is 0.176. The summed E-state index contributed by atoms with van der Waals surface area (Å²) in [5.74, 6) is 6.23. The number of hydrogen-bond acceptors (Lipinski definition) is 1. The number of hydrogen-bond donors (Lipinski definition) is 0. The summed E-state index contributed by atoms with van der Waals surface area (Å²) in [6, 6.07) is 19.6. The number of rotatable bonds is 4. The van der Waals surface area contributed by atoms with Crippen LogP contribution < -0.4 is 0 Å². The van der Waals surface area contributed by atoms with Crippen molar-refractivity contribution in [3.63, 3.8) is 0 Å². The first-order chi connectivity index (χ1) is 9.90. The normalized spacial score (nSPS) is 10.8. The van der Waals surface area contributed by atoms with Gasteiger partial charge in [0.1, 0.15) is 0 Å². The van der Waals surface area contributed by atoms with E-state index in [1.165, 1.54) is 5.56 Å². The minimum Gasteiger partial charge on any atom is -0.102 e. The van der Waals surface area contributed by atoms with Gasteiger partial charge in [0.2, 0.25) is 0 Å². The van der Waals surface area contributed by atoms with Crippen molar-refractivity contribution < 1.29 is 0 Å². The minimum absolute atomic E-state index is 0.218. The molecule has 20 heavy (non-hydrogen) atoms. The molecule has 1 atom stereocenters. The highest BCUT2D eigenvalue weighted by Gasteiger charge is 2.06. The van der Waals surface area contributed by atoms with Gasteiger partial charge in [0.05, 0.1) is 6.04 Å². The lowest BCUT2D eigenvalue weighted by Crippen LogP contribution is -1.92. The Morgan fingerprint density at radius 1 is 0.950 bits per heavy atom. The van der Waals surface area contributed by atoms with E-state index in [1.54, 1.807) is 0 Å². The lowest BCUT2D eigenvalue weighted by atomic mass is 10.0. The quantitative estimate of drug-likeness (QED) is 0.332. The molecule has 0 aliphatic carbocycles. The Morgan fingerprint density at radius 2 is 1.60 bits per heavy atom. The minimum atomic E-state index is -0.218. The highest BCUT2D eigenvalue weighted by molar-refractivity contribution is 5.23. The second kappa shape index (κ2) is 7.68. The van der Waals surface area contributed by atoms with Gasteiger partial charge in [0, 0.05) is 17.8 Å². The predicted molar refractivity (Wildman–Crippen MR) is 80.9 cm³/mol. The molecular weight excluding hydrogens is 246 g/mol. The average Bonchev–Trinajstić information content (AvgIpc) is 2.52. The third-order valence-electron chi connectivity index (χ3n) is 2.93. The van der Waals surface area contributed by atoms with Gasteiger partial charge in [-0.2, -0.15) is 0 Å². The van der Waals surface area contributed by atoms with Crippen LogP contribution in [0.2, 0.25) is 0 Å². The zero-order chi connectivity index (χ0) is 14.0. The van der Waals surface area contributed by atoms with Crippen LogP contribution >= 0.6 is 0 Å². The molecule has 0 bridgehead atoms. The summed E-state index contributed by atoms with van der Waals surface area (Å²) in [6.07, 6.45) is 1.26. The fourth-order valence-electron chi connectivity index (χ4n) is 1.89. The van der Waals surface area contributed by atoms with E-state index in [0.717, 1.165) is 12.0 Å². The van der Waals surface area contributed by atoms with Crippen LogP contribution in [0, 0.1) is 11.8 Å². The molecule has 0 N–H and O–H groups in total. The van der Waals surface area contributed by atoms with Crippen molar-refractivity contribution in [3.05, 3.63) is 82.2 Å². The van der Waals surface area contributed by atoms with Crippen LogP contribution in [0.4, 0.5) is 0 Å². The topological polar surface area (TPSA) is 48.8 Å². The van der Waals surface area contributed by atoms with Crippen molar-refractivity contribution in [1.29, 1.82) is 0 Å². The summed E-state index contributed by atoms with van der Waals surface area (Å²) in [7, 11) is 0. The molecule has 0 saturated carbocycles. The van der Waals surface area contributed by atoms with Gasteiger partial charge in [-0.25, -0.2) is 0 Å². The van der Waals surface area contributed by atoms with Gasteiger partial charge in [0.25, 0.3) is 0 Å². The maximum Gasteiger partial charge on any atom is 0.0734 e. The van der Waals surface area contributed by atoms with Gasteiger partial charge in [-0.05, 0) is 16.7 Å². The summed E-state index contributed by atoms with van der Waals surface area (Å²) in [5.41, 5.74) is 10.8. The molecule has 0 heterocycles. The molecule has 98 valence electrons. The average molecular weight is 261 g/mol. The predicted octanol–water partition coefficient (Wildman–Crippen LogP) is 4.67. The highest BCUT2D eigenvalue weighted by atomic mass is 15.1. The van der Waals surface area contributed by atoms with E-state index in [2.05, 4.69) is 34.0 Å². The molecule has 3 nitrogen and oxygen atoms in total. The van der Waals surface area contributed by atoms with Crippen molar-refractivity contribution in [2.24, 2.45) is 5.11 Å². The van der Waals surface area contributed by atoms with Gasteiger partial charge in [-0.1, -0.05) is 71.7 Å². The van der Waals surface area contributed by atoms with Crippen LogP contribution in [0.3, 0.4) is 0 Å². The van der Waals surface area contributed by atoms with E-state index < -0.39 is 0 Å². The van der Waals surface area contributed by atoms with Crippen LogP contribution in [0.25, 0.3) is 10.4 Å². The van der Waals surface area contributed by atoms with Crippen LogP contribution in [0.15, 0.2) is 65.8 Å². The first kappa shape index (κ1) is 13.7. The van der Waals surface area contributed by atoms with Crippen LogP contribution in [0.5, 0.6) is 0 Å².